The molecule has 100 valence electrons. The van der Waals surface area contributed by atoms with Crippen molar-refractivity contribution in [1.29, 1.82) is 0 Å². The van der Waals surface area contributed by atoms with E-state index in [0.29, 0.717) is 13.2 Å². The number of ether oxygens (including phenoxy) is 2. The third-order valence-electron chi connectivity index (χ3n) is 2.91. The summed E-state index contributed by atoms with van der Waals surface area (Å²) >= 11 is 0. The normalized spacial score (nSPS) is 10.5. The van der Waals surface area contributed by atoms with Crippen molar-refractivity contribution in [1.82, 2.24) is 0 Å². The van der Waals surface area contributed by atoms with Gasteiger partial charge in [-0.2, -0.15) is 0 Å². The Hall–Kier alpha value is -1.87. The van der Waals surface area contributed by atoms with Gasteiger partial charge in [-0.05, 0) is 47.9 Å². The smallest absolute Gasteiger partial charge is 0.123 e. The zero-order valence-electron chi connectivity index (χ0n) is 11.2. The molecular formula is C16H17FO2. The fourth-order valence-corrected chi connectivity index (χ4v) is 1.85. The zero-order valence-corrected chi connectivity index (χ0v) is 11.2. The third kappa shape index (κ3) is 3.80. The topological polar surface area (TPSA) is 18.5 Å². The van der Waals surface area contributed by atoms with Crippen LogP contribution in [0, 0.1) is 12.7 Å². The zero-order chi connectivity index (χ0) is 13.7. The molecule has 0 aliphatic heterocycles. The second-order valence-corrected chi connectivity index (χ2v) is 4.44. The van der Waals surface area contributed by atoms with Gasteiger partial charge in [-0.1, -0.05) is 18.2 Å². The highest BCUT2D eigenvalue weighted by molar-refractivity contribution is 5.30. The van der Waals surface area contributed by atoms with Gasteiger partial charge in [0.15, 0.2) is 0 Å². The molecule has 2 aromatic rings. The van der Waals surface area contributed by atoms with E-state index in [9.17, 15) is 4.39 Å². The first kappa shape index (κ1) is 13.6. The SMILES string of the molecule is COCc1cccc(OCc2cc(F)ccc2C)c1. The van der Waals surface area contributed by atoms with Crippen LogP contribution in [0.25, 0.3) is 0 Å². The maximum absolute atomic E-state index is 13.2. The van der Waals surface area contributed by atoms with E-state index in [0.717, 1.165) is 22.4 Å². The van der Waals surface area contributed by atoms with Crippen LogP contribution in [0.15, 0.2) is 42.5 Å². The Morgan fingerprint density at radius 1 is 1.05 bits per heavy atom. The molecule has 0 fully saturated rings. The van der Waals surface area contributed by atoms with Crippen LogP contribution in [0.1, 0.15) is 16.7 Å². The number of hydrogen-bond donors (Lipinski definition) is 0. The molecule has 0 heterocycles. The van der Waals surface area contributed by atoms with Gasteiger partial charge in [0.2, 0.25) is 0 Å². The molecule has 0 atom stereocenters. The van der Waals surface area contributed by atoms with Crippen molar-refractivity contribution in [2.24, 2.45) is 0 Å². The van der Waals surface area contributed by atoms with E-state index in [-0.39, 0.29) is 5.82 Å². The summed E-state index contributed by atoms with van der Waals surface area (Å²) in [5.41, 5.74) is 2.93. The predicted molar refractivity (Wildman–Crippen MR) is 72.6 cm³/mol. The Morgan fingerprint density at radius 2 is 1.89 bits per heavy atom. The Bertz CT molecular complexity index is 552. The molecule has 0 radical (unpaired) electrons. The summed E-state index contributed by atoms with van der Waals surface area (Å²) in [7, 11) is 1.66. The lowest BCUT2D eigenvalue weighted by atomic mass is 10.1. The highest BCUT2D eigenvalue weighted by Crippen LogP contribution is 2.17. The molecule has 0 saturated carbocycles. The van der Waals surface area contributed by atoms with Gasteiger partial charge in [-0.3, -0.25) is 0 Å². The monoisotopic (exact) mass is 260 g/mol. The Kier molecular flexibility index (Phi) is 4.53. The van der Waals surface area contributed by atoms with Crippen LogP contribution in [-0.4, -0.2) is 7.11 Å². The number of halogens is 1. The van der Waals surface area contributed by atoms with Crippen LogP contribution in [0.3, 0.4) is 0 Å². The largest absolute Gasteiger partial charge is 0.489 e. The molecule has 0 aliphatic carbocycles. The van der Waals surface area contributed by atoms with Gasteiger partial charge in [0.1, 0.15) is 18.2 Å². The van der Waals surface area contributed by atoms with Gasteiger partial charge in [-0.25, -0.2) is 4.39 Å². The van der Waals surface area contributed by atoms with Crippen LogP contribution >= 0.6 is 0 Å². The van der Waals surface area contributed by atoms with Crippen LogP contribution in [0.4, 0.5) is 4.39 Å². The molecule has 0 bridgehead atoms. The van der Waals surface area contributed by atoms with Crippen molar-refractivity contribution >= 4 is 0 Å². The summed E-state index contributed by atoms with van der Waals surface area (Å²) in [5.74, 6) is 0.524. The van der Waals surface area contributed by atoms with Crippen molar-refractivity contribution in [2.45, 2.75) is 20.1 Å². The van der Waals surface area contributed by atoms with E-state index < -0.39 is 0 Å². The van der Waals surface area contributed by atoms with Gasteiger partial charge >= 0.3 is 0 Å². The van der Waals surface area contributed by atoms with Crippen molar-refractivity contribution in [2.75, 3.05) is 7.11 Å². The van der Waals surface area contributed by atoms with Crippen molar-refractivity contribution in [3.63, 3.8) is 0 Å². The van der Waals surface area contributed by atoms with E-state index in [1.165, 1.54) is 12.1 Å². The lowest BCUT2D eigenvalue weighted by Gasteiger charge is -2.10. The summed E-state index contributed by atoms with van der Waals surface area (Å²) in [6.07, 6.45) is 0. The second kappa shape index (κ2) is 6.34. The molecule has 0 aliphatic rings. The van der Waals surface area contributed by atoms with Gasteiger partial charge in [0, 0.05) is 7.11 Å². The van der Waals surface area contributed by atoms with E-state index in [1.807, 2.05) is 31.2 Å². The molecule has 2 aromatic carbocycles. The average Bonchev–Trinajstić information content (AvgIpc) is 2.41. The summed E-state index contributed by atoms with van der Waals surface area (Å²) in [4.78, 5) is 0. The van der Waals surface area contributed by atoms with E-state index >= 15 is 0 Å². The second-order valence-electron chi connectivity index (χ2n) is 4.44. The maximum Gasteiger partial charge on any atom is 0.123 e. The fraction of sp³-hybridized carbons (Fsp3) is 0.250. The molecule has 2 nitrogen and oxygen atoms in total. The minimum Gasteiger partial charge on any atom is -0.489 e. The summed E-state index contributed by atoms with van der Waals surface area (Å²) in [6, 6.07) is 12.4. The fourth-order valence-electron chi connectivity index (χ4n) is 1.85. The van der Waals surface area contributed by atoms with Crippen molar-refractivity contribution < 1.29 is 13.9 Å². The van der Waals surface area contributed by atoms with Crippen LogP contribution in [0.2, 0.25) is 0 Å². The lowest BCUT2D eigenvalue weighted by Crippen LogP contribution is -1.99. The molecule has 0 spiro atoms. The van der Waals surface area contributed by atoms with Crippen LogP contribution in [0.5, 0.6) is 5.75 Å². The third-order valence-corrected chi connectivity index (χ3v) is 2.91. The number of aryl methyl sites for hydroxylation is 1. The van der Waals surface area contributed by atoms with E-state index in [4.69, 9.17) is 9.47 Å². The lowest BCUT2D eigenvalue weighted by molar-refractivity contribution is 0.184. The summed E-state index contributed by atoms with van der Waals surface area (Å²) in [5, 5.41) is 0. The van der Waals surface area contributed by atoms with Gasteiger partial charge in [0.05, 0.1) is 6.61 Å². The molecule has 2 rings (SSSR count). The first-order valence-corrected chi connectivity index (χ1v) is 6.15. The Balaban J connectivity index is 2.05. The average molecular weight is 260 g/mol. The molecular weight excluding hydrogens is 243 g/mol. The number of rotatable bonds is 5. The Labute approximate surface area is 112 Å². The molecule has 3 heteroatoms. The molecule has 0 amide bonds. The maximum atomic E-state index is 13.2. The van der Waals surface area contributed by atoms with Crippen LogP contribution < -0.4 is 4.74 Å². The van der Waals surface area contributed by atoms with Crippen molar-refractivity contribution in [3.05, 3.63) is 65.0 Å². The number of hydrogen-bond acceptors (Lipinski definition) is 2. The molecule has 0 saturated heterocycles. The van der Waals surface area contributed by atoms with E-state index in [1.54, 1.807) is 13.2 Å². The highest BCUT2D eigenvalue weighted by atomic mass is 19.1. The van der Waals surface area contributed by atoms with E-state index in [2.05, 4.69) is 0 Å². The van der Waals surface area contributed by atoms with Gasteiger partial charge < -0.3 is 9.47 Å². The van der Waals surface area contributed by atoms with Gasteiger partial charge in [0.25, 0.3) is 0 Å². The highest BCUT2D eigenvalue weighted by Gasteiger charge is 2.02. The molecule has 0 N–H and O–H groups in total. The standard InChI is InChI=1S/C16H17FO2/c1-12-6-7-15(17)9-14(12)11-19-16-5-3-4-13(8-16)10-18-2/h3-9H,10-11H2,1-2H3. The van der Waals surface area contributed by atoms with Crippen LogP contribution in [-0.2, 0) is 18.0 Å². The quantitative estimate of drug-likeness (QED) is 0.812. The van der Waals surface area contributed by atoms with Gasteiger partial charge in [-0.15, -0.1) is 0 Å². The summed E-state index contributed by atoms with van der Waals surface area (Å²) in [6.45, 7) is 2.86. The molecule has 0 aromatic heterocycles. The minimum atomic E-state index is -0.239. The number of methoxy groups -OCH3 is 1. The summed E-state index contributed by atoms with van der Waals surface area (Å²) < 4.78 is 23.9. The first-order chi connectivity index (χ1) is 9.19. The minimum absolute atomic E-state index is 0.239. The molecule has 0 unspecified atom stereocenters. The Morgan fingerprint density at radius 3 is 2.68 bits per heavy atom. The van der Waals surface area contributed by atoms with Crippen molar-refractivity contribution in [3.8, 4) is 5.75 Å². The number of benzene rings is 2. The first-order valence-electron chi connectivity index (χ1n) is 6.15. The predicted octanol–water partition coefficient (Wildman–Crippen LogP) is 3.86. The molecule has 19 heavy (non-hydrogen) atoms.